The van der Waals surface area contributed by atoms with Crippen molar-refractivity contribution in [2.75, 3.05) is 0 Å². The number of benzene rings is 4. The summed E-state index contributed by atoms with van der Waals surface area (Å²) >= 11 is 0. The van der Waals surface area contributed by atoms with Crippen LogP contribution in [0.4, 0.5) is 0 Å². The summed E-state index contributed by atoms with van der Waals surface area (Å²) in [4.78, 5) is 0. The highest BCUT2D eigenvalue weighted by atomic mass is 28.3. The normalized spacial score (nSPS) is 13.9. The average Bonchev–Trinajstić information content (AvgIpc) is 3.70. The van der Waals surface area contributed by atoms with Crippen LogP contribution in [0.2, 0.25) is 12.1 Å². The molecule has 0 spiro atoms. The van der Waals surface area contributed by atoms with Gasteiger partial charge in [0.2, 0.25) is 0 Å². The van der Waals surface area contributed by atoms with Crippen LogP contribution in [0.5, 0.6) is 0 Å². The quantitative estimate of drug-likeness (QED) is 0.0986. The van der Waals surface area contributed by atoms with Gasteiger partial charge in [-0.3, -0.25) is 0 Å². The maximum Gasteiger partial charge on any atom is 0.109 e. The van der Waals surface area contributed by atoms with E-state index in [-0.39, 0.29) is 0 Å². The van der Waals surface area contributed by atoms with Gasteiger partial charge in [0.05, 0.1) is 0 Å². The third-order valence-electron chi connectivity index (χ3n) is 10.8. The van der Waals surface area contributed by atoms with Crippen molar-refractivity contribution in [1.82, 2.24) is 0 Å². The number of hydrogen-bond donors (Lipinski definition) is 0. The summed E-state index contributed by atoms with van der Waals surface area (Å²) in [6.07, 6.45) is 18.5. The van der Waals surface area contributed by atoms with Crippen molar-refractivity contribution in [3.8, 4) is 22.3 Å². The van der Waals surface area contributed by atoms with Crippen LogP contribution in [-0.2, 0) is 12.8 Å². The molecule has 2 aliphatic rings. The monoisotopic (exact) mass is 608 g/mol. The second kappa shape index (κ2) is 14.3. The number of allylic oxidation sites excluding steroid dienone is 2. The molecule has 0 saturated carbocycles. The highest BCUT2D eigenvalue weighted by Crippen LogP contribution is 2.48. The van der Waals surface area contributed by atoms with Gasteiger partial charge < -0.3 is 0 Å². The summed E-state index contributed by atoms with van der Waals surface area (Å²) in [5.41, 5.74) is 14.4. The molecule has 2 aliphatic carbocycles. The molecule has 6 rings (SSSR count). The molecule has 0 fully saturated rings. The first-order valence-electron chi connectivity index (χ1n) is 17.8. The van der Waals surface area contributed by atoms with E-state index in [1.165, 1.54) is 108 Å². The maximum atomic E-state index is 2.72. The third kappa shape index (κ3) is 6.47. The van der Waals surface area contributed by atoms with Crippen molar-refractivity contribution in [2.24, 2.45) is 0 Å². The molecule has 232 valence electrons. The number of rotatable bonds is 14. The highest BCUT2D eigenvalue weighted by Gasteiger charge is 2.43. The molecule has 0 saturated heterocycles. The molecule has 4 aromatic carbocycles. The number of hydrogen-bond acceptors (Lipinski definition) is 0. The first kappa shape index (κ1) is 31.6. The van der Waals surface area contributed by atoms with Gasteiger partial charge in [0.25, 0.3) is 0 Å². The van der Waals surface area contributed by atoms with Crippen LogP contribution in [0.1, 0.15) is 98.6 Å². The maximum absolute atomic E-state index is 2.72. The van der Waals surface area contributed by atoms with Gasteiger partial charge in [-0.2, -0.15) is 0 Å². The van der Waals surface area contributed by atoms with Crippen LogP contribution in [0.25, 0.3) is 34.4 Å². The SMILES string of the molecule is CCCCCC[Si](CCCCCC)(C1=Cc2c(cccc2-c2ccccc2C)C1)C1=Cc2c(cccc2-c2ccccc2C)C1. The second-order valence-electron chi connectivity index (χ2n) is 13.8. The zero-order chi connectivity index (χ0) is 31.2. The summed E-state index contributed by atoms with van der Waals surface area (Å²) in [5.74, 6) is 0. The van der Waals surface area contributed by atoms with Crippen molar-refractivity contribution in [1.29, 1.82) is 0 Å². The Bertz CT molecular complexity index is 1570. The van der Waals surface area contributed by atoms with Crippen molar-refractivity contribution >= 4 is 20.2 Å². The molecule has 0 unspecified atom stereocenters. The molecule has 1 heteroatoms. The summed E-state index contributed by atoms with van der Waals surface area (Å²) in [5, 5.41) is 3.62. The van der Waals surface area contributed by atoms with Gasteiger partial charge in [0.1, 0.15) is 8.07 Å². The lowest BCUT2D eigenvalue weighted by Crippen LogP contribution is -2.40. The Morgan fingerprint density at radius 1 is 0.467 bits per heavy atom. The standard InChI is InChI=1S/C44H52Si/c1-5-7-9-15-27-45(28-16-10-8-6-2,37-29-35-21-17-25-41(43(35)31-37)39-23-13-11-19-33(39)3)38-30-36-22-18-26-42(44(36)32-38)40-24-14-12-20-34(40)4/h11-14,17-26,31-32H,5-10,15-16,27-30H2,1-4H3. The van der Waals surface area contributed by atoms with E-state index in [2.05, 4.69) is 125 Å². The van der Waals surface area contributed by atoms with Crippen LogP contribution in [0.3, 0.4) is 0 Å². The van der Waals surface area contributed by atoms with E-state index in [0.717, 1.165) is 12.8 Å². The summed E-state index contributed by atoms with van der Waals surface area (Å²) in [6, 6.07) is 34.9. The number of aryl methyl sites for hydroxylation is 2. The van der Waals surface area contributed by atoms with Gasteiger partial charge in [-0.1, -0.05) is 173 Å². The van der Waals surface area contributed by atoms with Gasteiger partial charge in [0, 0.05) is 0 Å². The molecule has 0 aliphatic heterocycles. The molecule has 45 heavy (non-hydrogen) atoms. The fraction of sp³-hybridized carbons (Fsp3) is 0.364. The Balaban J connectivity index is 1.47. The fourth-order valence-corrected chi connectivity index (χ4v) is 13.8. The molecular formula is C44H52Si. The third-order valence-corrected chi connectivity index (χ3v) is 16.3. The number of fused-ring (bicyclic) bond motifs is 2. The summed E-state index contributed by atoms with van der Waals surface area (Å²) in [7, 11) is -1.98. The second-order valence-corrected chi connectivity index (χ2v) is 18.2. The van der Waals surface area contributed by atoms with Crippen molar-refractivity contribution < 1.29 is 0 Å². The van der Waals surface area contributed by atoms with Crippen molar-refractivity contribution in [2.45, 2.75) is 104 Å². The molecule has 0 bridgehead atoms. The van der Waals surface area contributed by atoms with Crippen LogP contribution < -0.4 is 0 Å². The number of unbranched alkanes of at least 4 members (excludes halogenated alkanes) is 6. The molecular weight excluding hydrogens is 557 g/mol. The Kier molecular flexibility index (Phi) is 10.1. The van der Waals surface area contributed by atoms with E-state index >= 15 is 0 Å². The van der Waals surface area contributed by atoms with E-state index in [1.54, 1.807) is 11.1 Å². The molecule has 0 atom stereocenters. The minimum absolute atomic E-state index is 1.14. The zero-order valence-electron chi connectivity index (χ0n) is 28.2. The topological polar surface area (TPSA) is 0 Å². The zero-order valence-corrected chi connectivity index (χ0v) is 29.2. The lowest BCUT2D eigenvalue weighted by Gasteiger charge is -2.36. The first-order valence-corrected chi connectivity index (χ1v) is 20.2. The van der Waals surface area contributed by atoms with Crippen LogP contribution in [-0.4, -0.2) is 8.07 Å². The predicted octanol–water partition coefficient (Wildman–Crippen LogP) is 12.9. The van der Waals surface area contributed by atoms with E-state index < -0.39 is 8.07 Å². The smallest absolute Gasteiger partial charge is 0.0709 e. The van der Waals surface area contributed by atoms with Crippen LogP contribution in [0, 0.1) is 13.8 Å². The Hall–Kier alpha value is -3.42. The summed E-state index contributed by atoms with van der Waals surface area (Å²) in [6.45, 7) is 9.23. The Morgan fingerprint density at radius 2 is 0.889 bits per heavy atom. The fourth-order valence-electron chi connectivity index (χ4n) is 8.25. The minimum Gasteiger partial charge on any atom is -0.0709 e. The first-order chi connectivity index (χ1) is 22.1. The van der Waals surface area contributed by atoms with E-state index in [1.807, 2.05) is 10.4 Å². The minimum atomic E-state index is -1.98. The average molecular weight is 609 g/mol. The largest absolute Gasteiger partial charge is 0.109 e. The molecule has 0 amide bonds. The van der Waals surface area contributed by atoms with Crippen LogP contribution in [0.15, 0.2) is 95.3 Å². The molecule has 0 heterocycles. The van der Waals surface area contributed by atoms with Crippen molar-refractivity contribution in [3.63, 3.8) is 0 Å². The molecule has 0 radical (unpaired) electrons. The Labute approximate surface area is 274 Å². The lowest BCUT2D eigenvalue weighted by molar-refractivity contribution is 0.681. The van der Waals surface area contributed by atoms with Gasteiger partial charge in [-0.15, -0.1) is 0 Å². The molecule has 0 nitrogen and oxygen atoms in total. The summed E-state index contributed by atoms with van der Waals surface area (Å²) < 4.78 is 0. The molecule has 4 aromatic rings. The molecule has 0 aromatic heterocycles. The van der Waals surface area contributed by atoms with Crippen LogP contribution >= 0.6 is 0 Å². The van der Waals surface area contributed by atoms with Crippen molar-refractivity contribution in [3.05, 3.63) is 129 Å². The molecule has 0 N–H and O–H groups in total. The van der Waals surface area contributed by atoms with Gasteiger partial charge >= 0.3 is 0 Å². The highest BCUT2D eigenvalue weighted by molar-refractivity contribution is 6.94. The lowest BCUT2D eigenvalue weighted by atomic mass is 9.94. The Morgan fingerprint density at radius 3 is 1.31 bits per heavy atom. The van der Waals surface area contributed by atoms with Gasteiger partial charge in [0.15, 0.2) is 0 Å². The van der Waals surface area contributed by atoms with E-state index in [4.69, 9.17) is 0 Å². The predicted molar refractivity (Wildman–Crippen MR) is 200 cm³/mol. The van der Waals surface area contributed by atoms with E-state index in [9.17, 15) is 0 Å². The van der Waals surface area contributed by atoms with Gasteiger partial charge in [-0.25, -0.2) is 0 Å². The van der Waals surface area contributed by atoms with Gasteiger partial charge in [-0.05, 0) is 94.4 Å². The van der Waals surface area contributed by atoms with E-state index in [0.29, 0.717) is 0 Å².